The van der Waals surface area contributed by atoms with E-state index in [1.165, 1.54) is 11.1 Å². The number of hydrogen-bond acceptors (Lipinski definition) is 3. The monoisotopic (exact) mass is 450 g/mol. The second-order valence-corrected chi connectivity index (χ2v) is 9.44. The molecule has 1 amide bonds. The minimum Gasteiger partial charge on any atom is -0.349 e. The van der Waals surface area contributed by atoms with Crippen molar-refractivity contribution in [3.05, 3.63) is 94.6 Å². The number of rotatable bonds is 4. The molecule has 34 heavy (non-hydrogen) atoms. The third-order valence-corrected chi connectivity index (χ3v) is 6.54. The van der Waals surface area contributed by atoms with Gasteiger partial charge in [-0.25, -0.2) is 4.98 Å². The van der Waals surface area contributed by atoms with Gasteiger partial charge in [-0.1, -0.05) is 67.9 Å². The van der Waals surface area contributed by atoms with Gasteiger partial charge in [-0.3, -0.25) is 9.36 Å². The number of aryl methyl sites for hydroxylation is 2. The van der Waals surface area contributed by atoms with Gasteiger partial charge in [-0.05, 0) is 61.6 Å². The molecule has 5 heteroatoms. The molecular formula is C29H30N4O. The number of anilines is 2. The smallest absolute Gasteiger partial charge is 0.255 e. The highest BCUT2D eigenvalue weighted by molar-refractivity contribution is 6.12. The van der Waals surface area contributed by atoms with Gasteiger partial charge in [-0.15, -0.1) is 0 Å². The highest BCUT2D eigenvalue weighted by atomic mass is 16.1. The van der Waals surface area contributed by atoms with Crippen molar-refractivity contribution in [1.82, 2.24) is 9.55 Å². The maximum atomic E-state index is 13.8. The Morgan fingerprint density at radius 2 is 1.76 bits per heavy atom. The topological polar surface area (TPSA) is 59.0 Å². The summed E-state index contributed by atoms with van der Waals surface area (Å²) in [4.78, 5) is 18.6. The molecule has 1 unspecified atom stereocenters. The van der Waals surface area contributed by atoms with Crippen LogP contribution in [-0.2, 0) is 4.79 Å². The molecular weight excluding hydrogens is 420 g/mol. The van der Waals surface area contributed by atoms with Crippen molar-refractivity contribution < 1.29 is 4.79 Å². The Morgan fingerprint density at radius 1 is 1.03 bits per heavy atom. The summed E-state index contributed by atoms with van der Waals surface area (Å²) < 4.78 is 2.08. The first kappa shape index (κ1) is 22.0. The number of para-hydroxylation sites is 2. The first-order valence-corrected chi connectivity index (χ1v) is 11.8. The van der Waals surface area contributed by atoms with E-state index in [9.17, 15) is 4.79 Å². The second-order valence-electron chi connectivity index (χ2n) is 9.44. The minimum atomic E-state index is -0.213. The van der Waals surface area contributed by atoms with E-state index in [-0.39, 0.29) is 11.9 Å². The predicted octanol–water partition coefficient (Wildman–Crippen LogP) is 6.49. The lowest BCUT2D eigenvalue weighted by Gasteiger charge is -2.29. The van der Waals surface area contributed by atoms with E-state index in [0.29, 0.717) is 11.5 Å². The molecule has 0 bridgehead atoms. The van der Waals surface area contributed by atoms with Crippen molar-refractivity contribution in [2.45, 2.75) is 46.6 Å². The molecule has 2 N–H and O–H groups in total. The zero-order valence-corrected chi connectivity index (χ0v) is 20.3. The fourth-order valence-electron chi connectivity index (χ4n) is 4.70. The Labute approximate surface area is 200 Å². The van der Waals surface area contributed by atoms with Crippen molar-refractivity contribution in [1.29, 1.82) is 0 Å². The molecule has 5 nitrogen and oxygen atoms in total. The third-order valence-electron chi connectivity index (χ3n) is 6.54. The van der Waals surface area contributed by atoms with Crippen LogP contribution in [0, 0.1) is 13.8 Å². The standard InChI is InChI=1S/C29H30N4O/c1-17(2)21-11-13-22(14-12-21)27-26(28(34)31-23-15-10-18(3)16-19(23)4)20(5)30-29-32-24-8-6-7-9-25(24)33(27)29/h6-17,20H,1-5H3,(H,30,32)(H,31,34). The summed E-state index contributed by atoms with van der Waals surface area (Å²) in [5.74, 6) is 1.07. The first-order valence-electron chi connectivity index (χ1n) is 11.8. The number of carbonyl (C=O) groups is 1. The number of hydrogen-bond donors (Lipinski definition) is 2. The van der Waals surface area contributed by atoms with Crippen LogP contribution in [0.3, 0.4) is 0 Å². The SMILES string of the molecule is Cc1ccc(NC(=O)C2=C(c3ccc(C(C)C)cc3)n3c(nc4ccccc43)NC2C)c(C)c1. The predicted molar refractivity (Wildman–Crippen MR) is 140 cm³/mol. The van der Waals surface area contributed by atoms with Crippen molar-refractivity contribution in [2.24, 2.45) is 0 Å². The molecule has 5 rings (SSSR count). The van der Waals surface area contributed by atoms with E-state index in [2.05, 4.69) is 66.3 Å². The number of nitrogens with zero attached hydrogens (tertiary/aromatic N) is 2. The van der Waals surface area contributed by atoms with Crippen LogP contribution in [0.5, 0.6) is 0 Å². The molecule has 3 aromatic carbocycles. The molecule has 172 valence electrons. The van der Waals surface area contributed by atoms with E-state index in [1.54, 1.807) is 0 Å². The van der Waals surface area contributed by atoms with Gasteiger partial charge in [0, 0.05) is 5.69 Å². The lowest BCUT2D eigenvalue weighted by molar-refractivity contribution is -0.113. The highest BCUT2D eigenvalue weighted by Gasteiger charge is 2.32. The second kappa shape index (κ2) is 8.49. The van der Waals surface area contributed by atoms with Gasteiger partial charge >= 0.3 is 0 Å². The number of amides is 1. The fraction of sp³-hybridized carbons (Fsp3) is 0.241. The minimum absolute atomic E-state index is 0.113. The van der Waals surface area contributed by atoms with Crippen LogP contribution in [0.25, 0.3) is 16.7 Å². The van der Waals surface area contributed by atoms with Crippen LogP contribution < -0.4 is 10.6 Å². The van der Waals surface area contributed by atoms with Crippen molar-refractivity contribution in [3.8, 4) is 0 Å². The quantitative estimate of drug-likeness (QED) is 0.374. The molecule has 0 fully saturated rings. The zero-order chi connectivity index (χ0) is 24.0. The third kappa shape index (κ3) is 3.77. The van der Waals surface area contributed by atoms with Crippen molar-refractivity contribution in [2.75, 3.05) is 10.6 Å². The molecule has 0 spiro atoms. The van der Waals surface area contributed by atoms with E-state index >= 15 is 0 Å². The molecule has 0 saturated carbocycles. The number of benzene rings is 3. The van der Waals surface area contributed by atoms with Crippen LogP contribution in [0.2, 0.25) is 0 Å². The molecule has 1 aliphatic heterocycles. The van der Waals surface area contributed by atoms with Crippen LogP contribution in [0.1, 0.15) is 48.9 Å². The van der Waals surface area contributed by atoms with Gasteiger partial charge in [-0.2, -0.15) is 0 Å². The molecule has 0 radical (unpaired) electrons. The highest BCUT2D eigenvalue weighted by Crippen LogP contribution is 2.37. The van der Waals surface area contributed by atoms with Gasteiger partial charge in [0.2, 0.25) is 5.95 Å². The Morgan fingerprint density at radius 3 is 2.47 bits per heavy atom. The maximum absolute atomic E-state index is 13.8. The number of imidazole rings is 1. The van der Waals surface area contributed by atoms with E-state index in [4.69, 9.17) is 4.98 Å². The number of fused-ring (bicyclic) bond motifs is 3. The fourth-order valence-corrected chi connectivity index (χ4v) is 4.70. The average molecular weight is 451 g/mol. The lowest BCUT2D eigenvalue weighted by atomic mass is 9.95. The van der Waals surface area contributed by atoms with Crippen molar-refractivity contribution in [3.63, 3.8) is 0 Å². The average Bonchev–Trinajstić information content (AvgIpc) is 3.17. The number of nitrogens with one attached hydrogen (secondary N) is 2. The van der Waals surface area contributed by atoms with Gasteiger partial charge in [0.15, 0.2) is 0 Å². The Hall–Kier alpha value is -3.86. The summed E-state index contributed by atoms with van der Waals surface area (Å²) in [6.45, 7) is 10.5. The van der Waals surface area contributed by atoms with Crippen LogP contribution in [-0.4, -0.2) is 21.5 Å². The summed E-state index contributed by atoms with van der Waals surface area (Å²) in [6, 6.07) is 22.4. The van der Waals surface area contributed by atoms with Crippen LogP contribution >= 0.6 is 0 Å². The van der Waals surface area contributed by atoms with Crippen molar-refractivity contribution >= 4 is 34.3 Å². The zero-order valence-electron chi connectivity index (χ0n) is 20.3. The van der Waals surface area contributed by atoms with Gasteiger partial charge in [0.05, 0.1) is 28.3 Å². The number of aromatic nitrogens is 2. The molecule has 0 saturated heterocycles. The summed E-state index contributed by atoms with van der Waals surface area (Å²) in [7, 11) is 0. The maximum Gasteiger partial charge on any atom is 0.255 e. The molecule has 1 aromatic heterocycles. The largest absolute Gasteiger partial charge is 0.349 e. The Kier molecular flexibility index (Phi) is 5.48. The summed E-state index contributed by atoms with van der Waals surface area (Å²) in [5, 5.41) is 6.62. The van der Waals surface area contributed by atoms with E-state index in [0.717, 1.165) is 39.5 Å². The summed E-state index contributed by atoms with van der Waals surface area (Å²) >= 11 is 0. The van der Waals surface area contributed by atoms with E-state index in [1.807, 2.05) is 50.2 Å². The Bertz CT molecular complexity index is 1430. The lowest BCUT2D eigenvalue weighted by Crippen LogP contribution is -2.34. The van der Waals surface area contributed by atoms with Gasteiger partial charge in [0.1, 0.15) is 0 Å². The molecule has 0 aliphatic carbocycles. The first-order chi connectivity index (χ1) is 16.3. The summed E-state index contributed by atoms with van der Waals surface area (Å²) in [5.41, 5.74) is 8.72. The van der Waals surface area contributed by atoms with Crippen LogP contribution in [0.4, 0.5) is 11.6 Å². The normalized spacial score (nSPS) is 15.4. The van der Waals surface area contributed by atoms with Crippen LogP contribution in [0.15, 0.2) is 72.3 Å². The van der Waals surface area contributed by atoms with Gasteiger partial charge in [0.25, 0.3) is 5.91 Å². The molecule has 1 aliphatic rings. The van der Waals surface area contributed by atoms with E-state index < -0.39 is 0 Å². The summed E-state index contributed by atoms with van der Waals surface area (Å²) in [6.07, 6.45) is 0. The molecule has 2 heterocycles. The molecule has 4 aromatic rings. The molecule has 1 atom stereocenters. The van der Waals surface area contributed by atoms with Gasteiger partial charge < -0.3 is 10.6 Å². The Balaban J connectivity index is 1.71. The number of carbonyl (C=O) groups excluding carboxylic acids is 1.